The maximum Gasteiger partial charge on any atom is 0.229 e. The van der Waals surface area contributed by atoms with E-state index < -0.39 is 5.60 Å². The summed E-state index contributed by atoms with van der Waals surface area (Å²) in [6.07, 6.45) is 5.20. The van der Waals surface area contributed by atoms with Crippen LogP contribution in [0.4, 0.5) is 0 Å². The molecule has 0 bridgehead atoms. The van der Waals surface area contributed by atoms with Gasteiger partial charge in [-0.2, -0.15) is 4.98 Å². The number of hydrogen-bond acceptors (Lipinski definition) is 5. The molecule has 1 aromatic heterocycles. The Labute approximate surface area is 141 Å². The quantitative estimate of drug-likeness (QED) is 0.848. The highest BCUT2D eigenvalue weighted by Crippen LogP contribution is 2.30. The number of carbonyl (C=O) groups is 1. The molecule has 1 aromatic carbocycles. The normalized spacial score (nSPS) is 16.7. The van der Waals surface area contributed by atoms with Gasteiger partial charge in [-0.25, -0.2) is 0 Å². The average Bonchev–Trinajstić information content (AvgIpc) is 3.00. The van der Waals surface area contributed by atoms with Crippen LogP contribution in [0, 0.1) is 0 Å². The van der Waals surface area contributed by atoms with Crippen molar-refractivity contribution < 1.29 is 14.4 Å². The smallest absolute Gasteiger partial charge is 0.229 e. The maximum absolute atomic E-state index is 12.0. The van der Waals surface area contributed by atoms with Gasteiger partial charge in [-0.05, 0) is 18.4 Å². The molecule has 1 amide bonds. The molecular formula is C18H23N3O3. The largest absolute Gasteiger partial charge is 0.389 e. The lowest BCUT2D eigenvalue weighted by atomic mass is 9.82. The van der Waals surface area contributed by atoms with Crippen LogP contribution in [0.3, 0.4) is 0 Å². The summed E-state index contributed by atoms with van der Waals surface area (Å²) in [6, 6.07) is 9.72. The molecule has 0 unspecified atom stereocenters. The fourth-order valence-corrected chi connectivity index (χ4v) is 3.10. The van der Waals surface area contributed by atoms with Gasteiger partial charge in [0.1, 0.15) is 0 Å². The molecule has 3 rings (SSSR count). The number of carbonyl (C=O) groups excluding carboxylic acids is 1. The highest BCUT2D eigenvalue weighted by Gasteiger charge is 2.31. The topological polar surface area (TPSA) is 88.2 Å². The zero-order valence-electron chi connectivity index (χ0n) is 13.7. The van der Waals surface area contributed by atoms with Crippen LogP contribution in [0.5, 0.6) is 0 Å². The fraction of sp³-hybridized carbons (Fsp3) is 0.500. The van der Waals surface area contributed by atoms with Gasteiger partial charge in [0.2, 0.25) is 11.8 Å². The number of amides is 1. The van der Waals surface area contributed by atoms with Crippen molar-refractivity contribution in [3.63, 3.8) is 0 Å². The molecule has 1 aliphatic carbocycles. The summed E-state index contributed by atoms with van der Waals surface area (Å²) in [5, 5.41) is 17.2. The summed E-state index contributed by atoms with van der Waals surface area (Å²) in [4.78, 5) is 16.2. The van der Waals surface area contributed by atoms with Gasteiger partial charge in [0, 0.05) is 6.54 Å². The second-order valence-electron chi connectivity index (χ2n) is 6.51. The van der Waals surface area contributed by atoms with Crippen LogP contribution in [-0.2, 0) is 24.2 Å². The van der Waals surface area contributed by atoms with Gasteiger partial charge in [-0.1, -0.05) is 54.8 Å². The summed E-state index contributed by atoms with van der Waals surface area (Å²) in [5.41, 5.74) is 0.302. The van der Waals surface area contributed by atoms with Crippen molar-refractivity contribution in [2.75, 3.05) is 0 Å². The predicted octanol–water partition coefficient (Wildman–Crippen LogP) is 2.17. The Hall–Kier alpha value is -2.21. The highest BCUT2D eigenvalue weighted by atomic mass is 16.5. The molecule has 2 aromatic rings. The van der Waals surface area contributed by atoms with Crippen LogP contribution >= 0.6 is 0 Å². The van der Waals surface area contributed by atoms with Crippen LogP contribution in [-0.4, -0.2) is 26.8 Å². The molecule has 0 radical (unpaired) electrons. The first-order valence-corrected chi connectivity index (χ1v) is 8.47. The Morgan fingerprint density at radius 2 is 1.96 bits per heavy atom. The minimum Gasteiger partial charge on any atom is -0.389 e. The van der Waals surface area contributed by atoms with Crippen molar-refractivity contribution in [1.29, 1.82) is 0 Å². The Morgan fingerprint density at radius 1 is 1.21 bits per heavy atom. The van der Waals surface area contributed by atoms with E-state index in [9.17, 15) is 9.90 Å². The fourth-order valence-electron chi connectivity index (χ4n) is 3.10. The molecule has 0 aliphatic heterocycles. The number of benzene rings is 1. The van der Waals surface area contributed by atoms with Gasteiger partial charge in [0.05, 0.1) is 18.4 Å². The van der Waals surface area contributed by atoms with Crippen molar-refractivity contribution in [2.24, 2.45) is 0 Å². The molecule has 0 saturated heterocycles. The SMILES string of the molecule is O=C(Cc1noc(CC2(O)CCCCC2)n1)NCc1ccccc1. The van der Waals surface area contributed by atoms with Gasteiger partial charge in [0.15, 0.2) is 5.82 Å². The second-order valence-corrected chi connectivity index (χ2v) is 6.51. The molecule has 1 fully saturated rings. The van der Waals surface area contributed by atoms with E-state index in [4.69, 9.17) is 4.52 Å². The van der Waals surface area contributed by atoms with Crippen LogP contribution < -0.4 is 5.32 Å². The van der Waals surface area contributed by atoms with Crippen LogP contribution in [0.15, 0.2) is 34.9 Å². The van der Waals surface area contributed by atoms with Crippen LogP contribution in [0.25, 0.3) is 0 Å². The van der Waals surface area contributed by atoms with Crippen molar-refractivity contribution >= 4 is 5.91 Å². The summed E-state index contributed by atoms with van der Waals surface area (Å²) in [7, 11) is 0. The highest BCUT2D eigenvalue weighted by molar-refractivity contribution is 5.77. The van der Waals surface area contributed by atoms with E-state index in [1.807, 2.05) is 30.3 Å². The summed E-state index contributed by atoms with van der Waals surface area (Å²) in [5.74, 6) is 0.614. The molecule has 2 N–H and O–H groups in total. The Kier molecular flexibility index (Phi) is 5.25. The number of hydrogen-bond donors (Lipinski definition) is 2. The number of aliphatic hydroxyl groups is 1. The number of rotatable bonds is 6. The number of nitrogens with zero attached hydrogens (tertiary/aromatic N) is 2. The molecule has 0 atom stereocenters. The second kappa shape index (κ2) is 7.57. The minimum atomic E-state index is -0.738. The van der Waals surface area contributed by atoms with Gasteiger partial charge < -0.3 is 14.9 Å². The molecule has 128 valence electrons. The maximum atomic E-state index is 12.0. The lowest BCUT2D eigenvalue weighted by Crippen LogP contribution is -2.33. The Morgan fingerprint density at radius 3 is 2.71 bits per heavy atom. The number of nitrogens with one attached hydrogen (secondary N) is 1. The summed E-state index contributed by atoms with van der Waals surface area (Å²) in [6.45, 7) is 0.476. The van der Waals surface area contributed by atoms with Crippen LogP contribution in [0.1, 0.15) is 49.4 Å². The van der Waals surface area contributed by atoms with Gasteiger partial charge in [-0.3, -0.25) is 4.79 Å². The molecular weight excluding hydrogens is 306 g/mol. The monoisotopic (exact) mass is 329 g/mol. The average molecular weight is 329 g/mol. The molecule has 1 heterocycles. The van der Waals surface area contributed by atoms with E-state index >= 15 is 0 Å². The summed E-state index contributed by atoms with van der Waals surface area (Å²) < 4.78 is 5.20. The Bertz CT molecular complexity index is 663. The predicted molar refractivity (Wildman–Crippen MR) is 88.0 cm³/mol. The first-order chi connectivity index (χ1) is 11.6. The van der Waals surface area contributed by atoms with E-state index in [0.717, 1.165) is 31.2 Å². The third-order valence-electron chi connectivity index (χ3n) is 4.43. The Balaban J connectivity index is 1.49. The van der Waals surface area contributed by atoms with Gasteiger partial charge >= 0.3 is 0 Å². The first kappa shape index (κ1) is 16.6. The van der Waals surface area contributed by atoms with E-state index in [2.05, 4.69) is 15.5 Å². The van der Waals surface area contributed by atoms with E-state index in [1.54, 1.807) is 0 Å². The molecule has 24 heavy (non-hydrogen) atoms. The summed E-state index contributed by atoms with van der Waals surface area (Å²) >= 11 is 0. The first-order valence-electron chi connectivity index (χ1n) is 8.47. The third kappa shape index (κ3) is 4.64. The molecule has 1 saturated carbocycles. The lowest BCUT2D eigenvalue weighted by molar-refractivity contribution is -0.120. The van der Waals surface area contributed by atoms with Crippen molar-refractivity contribution in [3.8, 4) is 0 Å². The van der Waals surface area contributed by atoms with Gasteiger partial charge in [0.25, 0.3) is 0 Å². The van der Waals surface area contributed by atoms with Crippen molar-refractivity contribution in [3.05, 3.63) is 47.6 Å². The number of aromatic nitrogens is 2. The molecule has 1 aliphatic rings. The van der Waals surface area contributed by atoms with Crippen molar-refractivity contribution in [1.82, 2.24) is 15.5 Å². The minimum absolute atomic E-state index is 0.0781. The zero-order chi connectivity index (χ0) is 16.8. The lowest BCUT2D eigenvalue weighted by Gasteiger charge is -2.30. The molecule has 6 heteroatoms. The zero-order valence-corrected chi connectivity index (χ0v) is 13.7. The van der Waals surface area contributed by atoms with E-state index in [-0.39, 0.29) is 12.3 Å². The third-order valence-corrected chi connectivity index (χ3v) is 4.43. The molecule has 0 spiro atoms. The van der Waals surface area contributed by atoms with E-state index in [1.165, 1.54) is 6.42 Å². The van der Waals surface area contributed by atoms with E-state index in [0.29, 0.717) is 24.7 Å². The standard InChI is InChI=1S/C18H23N3O3/c22-16(19-13-14-7-3-1-4-8-14)11-15-20-17(24-21-15)12-18(23)9-5-2-6-10-18/h1,3-4,7-8,23H,2,5-6,9-13H2,(H,19,22). The molecule has 6 nitrogen and oxygen atoms in total. The van der Waals surface area contributed by atoms with Gasteiger partial charge in [-0.15, -0.1) is 0 Å². The van der Waals surface area contributed by atoms with Crippen LogP contribution in [0.2, 0.25) is 0 Å². The van der Waals surface area contributed by atoms with Crippen molar-refractivity contribution in [2.45, 2.75) is 57.1 Å².